The second-order valence-electron chi connectivity index (χ2n) is 6.63. The van der Waals surface area contributed by atoms with Gasteiger partial charge in [-0.2, -0.15) is 0 Å². The summed E-state index contributed by atoms with van der Waals surface area (Å²) in [6, 6.07) is 6.96. The number of carbonyl (C=O) groups is 2. The molecular formula is C17H22N4O3S. The van der Waals surface area contributed by atoms with Crippen LogP contribution in [0.4, 0.5) is 11.4 Å². The number of rotatable bonds is 5. The predicted molar refractivity (Wildman–Crippen MR) is 97.7 cm³/mol. The van der Waals surface area contributed by atoms with E-state index in [1.165, 1.54) is 18.7 Å². The second kappa shape index (κ2) is 7.69. The Hall–Kier alpha value is -2.35. The zero-order chi connectivity index (χ0) is 18.6. The molecule has 0 saturated carbocycles. The first-order valence-corrected chi connectivity index (χ1v) is 8.72. The lowest BCUT2D eigenvalue weighted by molar-refractivity contribution is -0.115. The monoisotopic (exact) mass is 362 g/mol. The maximum atomic E-state index is 12.3. The van der Waals surface area contributed by atoms with E-state index < -0.39 is 5.25 Å². The number of nitrogens with zero attached hydrogens (tertiary/aromatic N) is 2. The number of nitrogens with one attached hydrogen (secondary N) is 2. The van der Waals surface area contributed by atoms with Crippen LogP contribution in [0.25, 0.3) is 0 Å². The van der Waals surface area contributed by atoms with Crippen LogP contribution in [0.15, 0.2) is 33.9 Å². The van der Waals surface area contributed by atoms with Crippen molar-refractivity contribution in [2.75, 3.05) is 10.6 Å². The Kier molecular flexibility index (Phi) is 5.84. The van der Waals surface area contributed by atoms with Gasteiger partial charge in [0, 0.05) is 23.7 Å². The van der Waals surface area contributed by atoms with Crippen molar-refractivity contribution in [3.8, 4) is 0 Å². The Morgan fingerprint density at radius 1 is 1.16 bits per heavy atom. The van der Waals surface area contributed by atoms with Crippen LogP contribution in [-0.2, 0) is 15.0 Å². The van der Waals surface area contributed by atoms with Crippen LogP contribution in [0.3, 0.4) is 0 Å². The molecule has 8 heteroatoms. The van der Waals surface area contributed by atoms with Crippen molar-refractivity contribution in [2.45, 2.75) is 50.5 Å². The third-order valence-corrected chi connectivity index (χ3v) is 4.08. The number of hydrogen-bond acceptors (Lipinski definition) is 6. The minimum atomic E-state index is -0.419. The van der Waals surface area contributed by atoms with Crippen molar-refractivity contribution >= 4 is 35.0 Å². The molecule has 1 heterocycles. The molecule has 0 radical (unpaired) electrons. The number of hydrogen-bond donors (Lipinski definition) is 2. The summed E-state index contributed by atoms with van der Waals surface area (Å²) in [7, 11) is 0. The van der Waals surface area contributed by atoms with Crippen molar-refractivity contribution in [1.29, 1.82) is 0 Å². The topological polar surface area (TPSA) is 97.1 Å². The Balaban J connectivity index is 1.98. The summed E-state index contributed by atoms with van der Waals surface area (Å²) < 4.78 is 5.60. The van der Waals surface area contributed by atoms with Crippen LogP contribution in [0.1, 0.15) is 40.5 Å². The van der Waals surface area contributed by atoms with E-state index in [9.17, 15) is 9.59 Å². The molecule has 1 aromatic heterocycles. The highest BCUT2D eigenvalue weighted by atomic mass is 32.2. The van der Waals surface area contributed by atoms with Crippen molar-refractivity contribution < 1.29 is 14.0 Å². The minimum absolute atomic E-state index is 0.168. The van der Waals surface area contributed by atoms with Gasteiger partial charge in [0.05, 0.1) is 5.25 Å². The molecule has 0 aliphatic carbocycles. The lowest BCUT2D eigenvalue weighted by Gasteiger charge is -2.12. The molecule has 7 nitrogen and oxygen atoms in total. The van der Waals surface area contributed by atoms with Gasteiger partial charge in [0.1, 0.15) is 0 Å². The first kappa shape index (κ1) is 19.0. The molecule has 1 atom stereocenters. The van der Waals surface area contributed by atoms with Gasteiger partial charge < -0.3 is 15.1 Å². The predicted octanol–water partition coefficient (Wildman–Crippen LogP) is 3.44. The molecule has 0 fully saturated rings. The van der Waals surface area contributed by atoms with Crippen molar-refractivity contribution in [1.82, 2.24) is 10.2 Å². The molecular weight excluding hydrogens is 340 g/mol. The molecule has 25 heavy (non-hydrogen) atoms. The van der Waals surface area contributed by atoms with E-state index in [-0.39, 0.29) is 17.2 Å². The average molecular weight is 362 g/mol. The van der Waals surface area contributed by atoms with Gasteiger partial charge in [-0.15, -0.1) is 10.2 Å². The highest BCUT2D eigenvalue weighted by Crippen LogP contribution is 2.27. The number of benzene rings is 1. The van der Waals surface area contributed by atoms with E-state index in [4.69, 9.17) is 4.42 Å². The molecule has 134 valence electrons. The van der Waals surface area contributed by atoms with Gasteiger partial charge in [0.2, 0.25) is 17.7 Å². The maximum absolute atomic E-state index is 12.3. The van der Waals surface area contributed by atoms with Gasteiger partial charge in [0.15, 0.2) is 0 Å². The molecule has 1 unspecified atom stereocenters. The Morgan fingerprint density at radius 2 is 1.80 bits per heavy atom. The smallest absolute Gasteiger partial charge is 0.277 e. The summed E-state index contributed by atoms with van der Waals surface area (Å²) in [6.45, 7) is 9.13. The highest BCUT2D eigenvalue weighted by Gasteiger charge is 2.24. The van der Waals surface area contributed by atoms with Gasteiger partial charge in [-0.1, -0.05) is 38.6 Å². The third kappa shape index (κ3) is 5.60. The van der Waals surface area contributed by atoms with Crippen LogP contribution in [0.2, 0.25) is 0 Å². The molecule has 0 saturated heterocycles. The van der Waals surface area contributed by atoms with Crippen LogP contribution < -0.4 is 10.6 Å². The van der Waals surface area contributed by atoms with E-state index in [0.717, 1.165) is 0 Å². The number of aromatic nitrogens is 2. The fourth-order valence-electron chi connectivity index (χ4n) is 1.89. The van der Waals surface area contributed by atoms with Gasteiger partial charge in [-0.05, 0) is 25.1 Å². The summed E-state index contributed by atoms with van der Waals surface area (Å²) in [4.78, 5) is 23.5. The van der Waals surface area contributed by atoms with Crippen LogP contribution >= 0.6 is 11.8 Å². The Bertz CT molecular complexity index is 767. The van der Waals surface area contributed by atoms with Gasteiger partial charge in [0.25, 0.3) is 5.22 Å². The van der Waals surface area contributed by atoms with Crippen LogP contribution in [0.5, 0.6) is 0 Å². The number of carbonyl (C=O) groups excluding carboxylic acids is 2. The fourth-order valence-corrected chi connectivity index (χ4v) is 2.57. The number of anilines is 2. The lowest BCUT2D eigenvalue weighted by atomic mass is 9.97. The first-order chi connectivity index (χ1) is 11.6. The molecule has 2 aromatic rings. The summed E-state index contributed by atoms with van der Waals surface area (Å²) in [5.74, 6) is 0.171. The Labute approximate surface area is 151 Å². The molecule has 2 amide bonds. The molecule has 0 bridgehead atoms. The SMILES string of the molecule is CC(=O)Nc1cccc(NC(=O)C(C)Sc2nnc(C(C)(C)C)o2)c1. The average Bonchev–Trinajstić information content (AvgIpc) is 2.95. The van der Waals surface area contributed by atoms with E-state index in [1.807, 2.05) is 20.8 Å². The Morgan fingerprint density at radius 3 is 2.36 bits per heavy atom. The lowest BCUT2D eigenvalue weighted by Crippen LogP contribution is -2.22. The summed E-state index contributed by atoms with van der Waals surface area (Å²) in [5.41, 5.74) is 0.989. The number of thioether (sulfide) groups is 1. The zero-order valence-electron chi connectivity index (χ0n) is 14.9. The molecule has 1 aromatic carbocycles. The van der Waals surface area contributed by atoms with E-state index in [1.54, 1.807) is 31.2 Å². The largest absolute Gasteiger partial charge is 0.415 e. The summed E-state index contributed by atoms with van der Waals surface area (Å²) >= 11 is 1.20. The minimum Gasteiger partial charge on any atom is -0.415 e. The molecule has 0 aliphatic heterocycles. The molecule has 2 N–H and O–H groups in total. The molecule has 0 aliphatic rings. The quantitative estimate of drug-likeness (QED) is 0.791. The van der Waals surface area contributed by atoms with Gasteiger partial charge in [-0.25, -0.2) is 0 Å². The summed E-state index contributed by atoms with van der Waals surface area (Å²) in [5, 5.41) is 13.4. The second-order valence-corrected chi connectivity index (χ2v) is 7.93. The highest BCUT2D eigenvalue weighted by molar-refractivity contribution is 8.00. The molecule has 2 rings (SSSR count). The van der Waals surface area contributed by atoms with Crippen molar-refractivity contribution in [2.24, 2.45) is 0 Å². The van der Waals surface area contributed by atoms with Crippen LogP contribution in [-0.4, -0.2) is 27.3 Å². The third-order valence-electron chi connectivity index (χ3n) is 3.15. The van der Waals surface area contributed by atoms with Crippen LogP contribution in [0, 0.1) is 0 Å². The van der Waals surface area contributed by atoms with Gasteiger partial charge in [-0.3, -0.25) is 9.59 Å². The molecule has 0 spiro atoms. The van der Waals surface area contributed by atoms with E-state index in [2.05, 4.69) is 20.8 Å². The fraction of sp³-hybridized carbons (Fsp3) is 0.412. The normalized spacial score (nSPS) is 12.5. The van der Waals surface area contributed by atoms with Crippen molar-refractivity contribution in [3.63, 3.8) is 0 Å². The van der Waals surface area contributed by atoms with Gasteiger partial charge >= 0.3 is 0 Å². The van der Waals surface area contributed by atoms with Crippen molar-refractivity contribution in [3.05, 3.63) is 30.2 Å². The number of amides is 2. The van der Waals surface area contributed by atoms with E-state index in [0.29, 0.717) is 22.5 Å². The standard InChI is InChI=1S/C17H22N4O3S/c1-10(25-16-21-20-15(24-16)17(3,4)5)14(23)19-13-8-6-7-12(9-13)18-11(2)22/h6-10H,1-5H3,(H,18,22)(H,19,23). The zero-order valence-corrected chi connectivity index (χ0v) is 15.7. The maximum Gasteiger partial charge on any atom is 0.277 e. The summed E-state index contributed by atoms with van der Waals surface area (Å²) in [6.07, 6.45) is 0. The van der Waals surface area contributed by atoms with E-state index >= 15 is 0 Å². The first-order valence-electron chi connectivity index (χ1n) is 7.84.